The molecule has 0 spiro atoms. The number of nitrogens with one attached hydrogen (secondary N) is 1. The summed E-state index contributed by atoms with van der Waals surface area (Å²) in [7, 11) is 0. The first kappa shape index (κ1) is 14.6. The largest absolute Gasteiger partial charge is 0.432 e. The Morgan fingerprint density at radius 2 is 1.95 bits per heavy atom. The second-order valence-electron chi connectivity index (χ2n) is 5.65. The van der Waals surface area contributed by atoms with Crippen LogP contribution in [0.2, 0.25) is 0 Å². The molecule has 1 aromatic rings. The molecule has 0 amide bonds. The third-order valence-corrected chi connectivity index (χ3v) is 3.73. The minimum atomic E-state index is -4.13. The van der Waals surface area contributed by atoms with Crippen LogP contribution in [0.25, 0.3) is 0 Å². The van der Waals surface area contributed by atoms with Gasteiger partial charge in [0.2, 0.25) is 0 Å². The van der Waals surface area contributed by atoms with E-state index in [0.717, 1.165) is 5.69 Å². The molecule has 1 aliphatic carbocycles. The highest BCUT2D eigenvalue weighted by atomic mass is 19.4. The molecule has 3 rings (SSSR count). The van der Waals surface area contributed by atoms with Crippen molar-refractivity contribution in [3.63, 3.8) is 0 Å². The summed E-state index contributed by atoms with van der Waals surface area (Å²) in [6.45, 7) is 1.60. The molecule has 1 N–H and O–H groups in total. The van der Waals surface area contributed by atoms with Gasteiger partial charge in [-0.15, -0.1) is 0 Å². The number of piperazine rings is 1. The second kappa shape index (κ2) is 5.84. The molecule has 0 atom stereocenters. The Labute approximate surface area is 121 Å². The van der Waals surface area contributed by atoms with E-state index in [2.05, 4.69) is 10.3 Å². The van der Waals surface area contributed by atoms with Crippen LogP contribution in [0.3, 0.4) is 0 Å². The topological polar surface area (TPSA) is 44.5 Å². The summed E-state index contributed by atoms with van der Waals surface area (Å²) in [4.78, 5) is 7.70. The zero-order chi connectivity index (χ0) is 14.9. The van der Waals surface area contributed by atoms with Crippen LogP contribution in [0.1, 0.15) is 18.5 Å². The molecule has 1 aromatic heterocycles. The third kappa shape index (κ3) is 4.34. The van der Waals surface area contributed by atoms with Crippen LogP contribution in [0, 0.1) is 0 Å². The van der Waals surface area contributed by atoms with E-state index in [1.165, 1.54) is 17.7 Å². The Kier molecular flexibility index (Phi) is 4.08. The first-order chi connectivity index (χ1) is 9.99. The van der Waals surface area contributed by atoms with Gasteiger partial charge in [0.1, 0.15) is 6.26 Å². The molecule has 5 nitrogen and oxygen atoms in total. The zero-order valence-electron chi connectivity index (χ0n) is 11.7. The normalized spacial score (nSPS) is 21.0. The molecule has 118 valence electrons. The minimum Gasteiger partial charge on any atom is -0.432 e. The Morgan fingerprint density at radius 3 is 2.57 bits per heavy atom. The SMILES string of the molecule is FC(F)(F)CN1CCN(c2nc(CNC3CC3)co2)CC1. The Hall–Kier alpha value is -1.28. The van der Waals surface area contributed by atoms with Gasteiger partial charge in [0.25, 0.3) is 6.01 Å². The number of hydrogen-bond acceptors (Lipinski definition) is 5. The number of alkyl halides is 3. The maximum Gasteiger partial charge on any atom is 0.401 e. The standard InChI is InChI=1S/C13H19F3N4O/c14-13(15,16)9-19-3-5-20(6-4-19)12-18-11(8-21-12)7-17-10-1-2-10/h8,10,17H,1-7,9H2. The summed E-state index contributed by atoms with van der Waals surface area (Å²) in [5.74, 6) is 0. The van der Waals surface area contributed by atoms with Gasteiger partial charge in [-0.1, -0.05) is 0 Å². The van der Waals surface area contributed by atoms with Crippen molar-refractivity contribution in [2.24, 2.45) is 0 Å². The maximum atomic E-state index is 12.3. The molecule has 1 saturated heterocycles. The fraction of sp³-hybridized carbons (Fsp3) is 0.769. The summed E-state index contributed by atoms with van der Waals surface area (Å²) in [5.41, 5.74) is 0.842. The average molecular weight is 304 g/mol. The number of halogens is 3. The zero-order valence-corrected chi connectivity index (χ0v) is 11.7. The molecule has 1 saturated carbocycles. The molecule has 1 aliphatic heterocycles. The summed E-state index contributed by atoms with van der Waals surface area (Å²) in [6, 6.07) is 1.12. The molecule has 0 aromatic carbocycles. The van der Waals surface area contributed by atoms with Crippen molar-refractivity contribution in [2.45, 2.75) is 31.6 Å². The number of nitrogens with zero attached hydrogens (tertiary/aromatic N) is 3. The van der Waals surface area contributed by atoms with E-state index < -0.39 is 12.7 Å². The van der Waals surface area contributed by atoms with Gasteiger partial charge in [0, 0.05) is 38.8 Å². The number of rotatable bonds is 5. The smallest absolute Gasteiger partial charge is 0.401 e. The number of anilines is 1. The lowest BCUT2D eigenvalue weighted by molar-refractivity contribution is -0.146. The summed E-state index contributed by atoms with van der Waals surface area (Å²) in [6.07, 6.45) is -0.0860. The maximum absolute atomic E-state index is 12.3. The molecule has 2 aliphatic rings. The first-order valence-electron chi connectivity index (χ1n) is 7.21. The predicted octanol–water partition coefficient (Wildman–Crippen LogP) is 1.61. The number of aromatic nitrogens is 1. The van der Waals surface area contributed by atoms with E-state index in [1.807, 2.05) is 4.90 Å². The average Bonchev–Trinajstić information content (AvgIpc) is 3.13. The van der Waals surface area contributed by atoms with E-state index in [0.29, 0.717) is 44.8 Å². The molecule has 0 bridgehead atoms. The summed E-state index contributed by atoms with van der Waals surface area (Å²) in [5, 5.41) is 3.35. The van der Waals surface area contributed by atoms with Crippen molar-refractivity contribution in [3.8, 4) is 0 Å². The highest BCUT2D eigenvalue weighted by Gasteiger charge is 2.32. The third-order valence-electron chi connectivity index (χ3n) is 3.73. The van der Waals surface area contributed by atoms with Gasteiger partial charge in [0.15, 0.2) is 0 Å². The van der Waals surface area contributed by atoms with Crippen molar-refractivity contribution >= 4 is 6.01 Å². The van der Waals surface area contributed by atoms with Gasteiger partial charge in [-0.3, -0.25) is 4.90 Å². The molecule has 8 heteroatoms. The fourth-order valence-corrected chi connectivity index (χ4v) is 2.41. The van der Waals surface area contributed by atoms with E-state index in [4.69, 9.17) is 4.42 Å². The predicted molar refractivity (Wildman–Crippen MR) is 71.1 cm³/mol. The fourth-order valence-electron chi connectivity index (χ4n) is 2.41. The highest BCUT2D eigenvalue weighted by Crippen LogP contribution is 2.21. The Morgan fingerprint density at radius 1 is 1.24 bits per heavy atom. The van der Waals surface area contributed by atoms with Gasteiger partial charge in [-0.05, 0) is 12.8 Å². The molecule has 0 radical (unpaired) electrons. The van der Waals surface area contributed by atoms with E-state index >= 15 is 0 Å². The van der Waals surface area contributed by atoms with Crippen LogP contribution >= 0.6 is 0 Å². The van der Waals surface area contributed by atoms with Gasteiger partial charge in [-0.2, -0.15) is 18.2 Å². The van der Waals surface area contributed by atoms with Gasteiger partial charge >= 0.3 is 6.18 Å². The van der Waals surface area contributed by atoms with Crippen molar-refractivity contribution < 1.29 is 17.6 Å². The molecular weight excluding hydrogens is 285 g/mol. The molecule has 21 heavy (non-hydrogen) atoms. The Bertz CT molecular complexity index is 464. The van der Waals surface area contributed by atoms with Crippen molar-refractivity contribution in [1.29, 1.82) is 0 Å². The molecule has 2 fully saturated rings. The number of hydrogen-bond donors (Lipinski definition) is 1. The number of oxazole rings is 1. The lowest BCUT2D eigenvalue weighted by Gasteiger charge is -2.34. The van der Waals surface area contributed by atoms with Crippen LogP contribution in [0.15, 0.2) is 10.7 Å². The summed E-state index contributed by atoms with van der Waals surface area (Å²) >= 11 is 0. The van der Waals surface area contributed by atoms with Crippen molar-refractivity contribution in [3.05, 3.63) is 12.0 Å². The van der Waals surface area contributed by atoms with Crippen LogP contribution in [0.4, 0.5) is 19.2 Å². The van der Waals surface area contributed by atoms with Crippen LogP contribution in [0.5, 0.6) is 0 Å². The monoisotopic (exact) mass is 304 g/mol. The first-order valence-corrected chi connectivity index (χ1v) is 7.21. The van der Waals surface area contributed by atoms with E-state index in [9.17, 15) is 13.2 Å². The van der Waals surface area contributed by atoms with Gasteiger partial charge in [-0.25, -0.2) is 0 Å². The van der Waals surface area contributed by atoms with E-state index in [1.54, 1.807) is 6.26 Å². The van der Waals surface area contributed by atoms with Crippen molar-refractivity contribution in [2.75, 3.05) is 37.6 Å². The quantitative estimate of drug-likeness (QED) is 0.895. The van der Waals surface area contributed by atoms with Crippen LogP contribution < -0.4 is 10.2 Å². The lowest BCUT2D eigenvalue weighted by Crippen LogP contribution is -2.49. The molecule has 2 heterocycles. The van der Waals surface area contributed by atoms with Crippen molar-refractivity contribution in [1.82, 2.24) is 15.2 Å². The van der Waals surface area contributed by atoms with E-state index in [-0.39, 0.29) is 0 Å². The second-order valence-corrected chi connectivity index (χ2v) is 5.65. The molecule has 0 unspecified atom stereocenters. The minimum absolute atomic E-state index is 0.373. The van der Waals surface area contributed by atoms with Crippen LogP contribution in [-0.2, 0) is 6.54 Å². The lowest BCUT2D eigenvalue weighted by atomic mass is 10.3. The van der Waals surface area contributed by atoms with Gasteiger partial charge < -0.3 is 14.6 Å². The highest BCUT2D eigenvalue weighted by molar-refractivity contribution is 5.28. The Balaban J connectivity index is 1.47. The van der Waals surface area contributed by atoms with Crippen LogP contribution in [-0.4, -0.2) is 54.8 Å². The summed E-state index contributed by atoms with van der Waals surface area (Å²) < 4.78 is 42.4. The van der Waals surface area contributed by atoms with Gasteiger partial charge in [0.05, 0.1) is 12.2 Å². The molecular formula is C13H19F3N4O.